The minimum atomic E-state index is -0.837. The van der Waals surface area contributed by atoms with Gasteiger partial charge >= 0.3 is 0 Å². The number of aliphatic hydroxyl groups is 2. The highest BCUT2D eigenvalue weighted by molar-refractivity contribution is 5.76. The van der Waals surface area contributed by atoms with Gasteiger partial charge in [0.2, 0.25) is 5.91 Å². The third-order valence-electron chi connectivity index (χ3n) is 12.1. The molecule has 0 rings (SSSR count). The molecule has 0 aliphatic carbocycles. The highest BCUT2D eigenvalue weighted by Crippen LogP contribution is 2.16. The molecule has 0 aliphatic rings. The monoisotopic (exact) mass is 814 g/mol. The summed E-state index contributed by atoms with van der Waals surface area (Å²) in [6.45, 7) is 4.32. The summed E-state index contributed by atoms with van der Waals surface area (Å²) in [6.07, 6.45) is 67.2. The zero-order chi connectivity index (χ0) is 42.1. The molecular formula is C54H103NO3. The maximum atomic E-state index is 12.4. The van der Waals surface area contributed by atoms with E-state index in [1.165, 1.54) is 231 Å². The summed E-state index contributed by atoms with van der Waals surface area (Å²) >= 11 is 0. The van der Waals surface area contributed by atoms with Gasteiger partial charge in [0.1, 0.15) is 0 Å². The first kappa shape index (κ1) is 56.6. The molecule has 342 valence electrons. The Hall–Kier alpha value is -1.39. The molecule has 0 saturated carbocycles. The van der Waals surface area contributed by atoms with Crippen LogP contribution in [0.15, 0.2) is 36.5 Å². The van der Waals surface area contributed by atoms with Crippen molar-refractivity contribution in [3.63, 3.8) is 0 Å². The van der Waals surface area contributed by atoms with Crippen LogP contribution in [-0.2, 0) is 4.79 Å². The lowest BCUT2D eigenvalue weighted by molar-refractivity contribution is -0.123. The molecule has 2 atom stereocenters. The normalized spacial score (nSPS) is 13.1. The van der Waals surface area contributed by atoms with Crippen LogP contribution in [0.3, 0.4) is 0 Å². The Bertz CT molecular complexity index is 882. The van der Waals surface area contributed by atoms with Gasteiger partial charge in [-0.2, -0.15) is 0 Å². The fourth-order valence-corrected chi connectivity index (χ4v) is 8.09. The number of aliphatic hydroxyl groups excluding tert-OH is 2. The number of hydrogen-bond acceptors (Lipinski definition) is 3. The van der Waals surface area contributed by atoms with Crippen molar-refractivity contribution in [1.29, 1.82) is 0 Å². The van der Waals surface area contributed by atoms with Gasteiger partial charge in [-0.3, -0.25) is 4.79 Å². The van der Waals surface area contributed by atoms with E-state index in [9.17, 15) is 15.0 Å². The number of amides is 1. The Morgan fingerprint density at radius 3 is 1.03 bits per heavy atom. The first-order valence-electron chi connectivity index (χ1n) is 26.2. The van der Waals surface area contributed by atoms with E-state index in [-0.39, 0.29) is 12.5 Å². The predicted octanol–water partition coefficient (Wildman–Crippen LogP) is 16.9. The summed E-state index contributed by atoms with van der Waals surface area (Å²) in [4.78, 5) is 12.4. The molecule has 0 aromatic carbocycles. The van der Waals surface area contributed by atoms with Gasteiger partial charge in [-0.05, 0) is 51.4 Å². The lowest BCUT2D eigenvalue weighted by Gasteiger charge is -2.20. The minimum absolute atomic E-state index is 0.0603. The molecular weight excluding hydrogens is 711 g/mol. The van der Waals surface area contributed by atoms with Crippen molar-refractivity contribution in [2.24, 2.45) is 0 Å². The molecule has 4 heteroatoms. The number of unbranched alkanes of at least 4 members (excludes halogenated alkanes) is 37. The van der Waals surface area contributed by atoms with Gasteiger partial charge in [-0.15, -0.1) is 0 Å². The molecule has 0 spiro atoms. The van der Waals surface area contributed by atoms with Gasteiger partial charge in [0.25, 0.3) is 0 Å². The number of carbonyl (C=O) groups excluding carboxylic acids is 1. The molecule has 0 heterocycles. The van der Waals surface area contributed by atoms with Gasteiger partial charge in [-0.1, -0.05) is 262 Å². The average molecular weight is 814 g/mol. The molecule has 1 amide bonds. The van der Waals surface area contributed by atoms with Gasteiger partial charge < -0.3 is 15.5 Å². The van der Waals surface area contributed by atoms with Gasteiger partial charge in [-0.25, -0.2) is 0 Å². The van der Waals surface area contributed by atoms with Crippen LogP contribution in [0.1, 0.15) is 284 Å². The summed E-state index contributed by atoms with van der Waals surface area (Å²) in [5.41, 5.74) is 0. The third-order valence-corrected chi connectivity index (χ3v) is 12.1. The molecule has 2 unspecified atom stereocenters. The van der Waals surface area contributed by atoms with Crippen LogP contribution in [0.25, 0.3) is 0 Å². The summed E-state index contributed by atoms with van der Waals surface area (Å²) < 4.78 is 0. The lowest BCUT2D eigenvalue weighted by Crippen LogP contribution is -2.45. The second-order valence-electron chi connectivity index (χ2n) is 17.9. The van der Waals surface area contributed by atoms with E-state index in [1.807, 2.05) is 6.08 Å². The van der Waals surface area contributed by atoms with E-state index in [0.29, 0.717) is 6.42 Å². The van der Waals surface area contributed by atoms with Crippen molar-refractivity contribution in [3.05, 3.63) is 36.5 Å². The van der Waals surface area contributed by atoms with Crippen molar-refractivity contribution < 1.29 is 15.0 Å². The zero-order valence-corrected chi connectivity index (χ0v) is 39.3. The van der Waals surface area contributed by atoms with Gasteiger partial charge in [0.05, 0.1) is 18.8 Å². The van der Waals surface area contributed by atoms with E-state index < -0.39 is 12.1 Å². The largest absolute Gasteiger partial charge is 0.394 e. The van der Waals surface area contributed by atoms with Crippen LogP contribution < -0.4 is 5.32 Å². The van der Waals surface area contributed by atoms with E-state index in [0.717, 1.165) is 32.1 Å². The highest BCUT2D eigenvalue weighted by Gasteiger charge is 2.18. The summed E-state index contributed by atoms with van der Waals surface area (Å²) in [6, 6.07) is -0.620. The van der Waals surface area contributed by atoms with E-state index in [2.05, 4.69) is 43.5 Å². The van der Waals surface area contributed by atoms with Crippen LogP contribution in [0.4, 0.5) is 0 Å². The van der Waals surface area contributed by atoms with Crippen molar-refractivity contribution in [2.45, 2.75) is 296 Å². The quantitative estimate of drug-likeness (QED) is 0.0423. The molecule has 0 saturated heterocycles. The second kappa shape index (κ2) is 50.0. The molecule has 0 aliphatic heterocycles. The molecule has 0 aromatic heterocycles. The Labute approximate surface area is 363 Å². The summed E-state index contributed by atoms with van der Waals surface area (Å²) in [5, 5.41) is 23.1. The Morgan fingerprint density at radius 2 is 0.707 bits per heavy atom. The van der Waals surface area contributed by atoms with Gasteiger partial charge in [0, 0.05) is 6.42 Å². The molecule has 4 nitrogen and oxygen atoms in total. The first-order chi connectivity index (χ1) is 28.7. The van der Waals surface area contributed by atoms with Crippen molar-refractivity contribution in [3.8, 4) is 0 Å². The van der Waals surface area contributed by atoms with Crippen molar-refractivity contribution in [1.82, 2.24) is 5.32 Å². The smallest absolute Gasteiger partial charge is 0.220 e. The number of nitrogens with one attached hydrogen (secondary N) is 1. The molecule has 3 N–H and O–H groups in total. The number of carbonyl (C=O) groups is 1. The minimum Gasteiger partial charge on any atom is -0.394 e. The number of hydrogen-bond donors (Lipinski definition) is 3. The average Bonchev–Trinajstić information content (AvgIpc) is 3.23. The van der Waals surface area contributed by atoms with Crippen molar-refractivity contribution >= 4 is 5.91 Å². The summed E-state index contributed by atoms with van der Waals surface area (Å²) in [7, 11) is 0. The van der Waals surface area contributed by atoms with Crippen LogP contribution in [-0.4, -0.2) is 34.9 Å². The first-order valence-corrected chi connectivity index (χ1v) is 26.2. The molecule has 0 aromatic rings. The Kier molecular flexibility index (Phi) is 48.8. The molecule has 58 heavy (non-hydrogen) atoms. The summed E-state index contributed by atoms with van der Waals surface area (Å²) in [5.74, 6) is -0.0603. The van der Waals surface area contributed by atoms with Crippen molar-refractivity contribution in [2.75, 3.05) is 6.61 Å². The van der Waals surface area contributed by atoms with Gasteiger partial charge in [0.15, 0.2) is 0 Å². The maximum Gasteiger partial charge on any atom is 0.220 e. The Balaban J connectivity index is 3.45. The highest BCUT2D eigenvalue weighted by atomic mass is 16.3. The Morgan fingerprint density at radius 1 is 0.414 bits per heavy atom. The van der Waals surface area contributed by atoms with Crippen LogP contribution in [0, 0.1) is 0 Å². The van der Waals surface area contributed by atoms with Crippen LogP contribution >= 0.6 is 0 Å². The fraction of sp³-hybridized carbons (Fsp3) is 0.870. The third kappa shape index (κ3) is 45.7. The van der Waals surface area contributed by atoms with E-state index in [4.69, 9.17) is 0 Å². The molecule has 0 radical (unpaired) electrons. The maximum absolute atomic E-state index is 12.4. The SMILES string of the molecule is CCCCCCC/C=C\C/C=C\CCCCCCCCCCCCCCCCCCCCCC(=O)NC(CO)C(O)/C=C/CCCCCCCCCCCCCCC. The van der Waals surface area contributed by atoms with E-state index in [1.54, 1.807) is 6.08 Å². The lowest BCUT2D eigenvalue weighted by atomic mass is 10.0. The van der Waals surface area contributed by atoms with Crippen LogP contribution in [0.2, 0.25) is 0 Å². The second-order valence-corrected chi connectivity index (χ2v) is 17.9. The standard InChI is InChI=1S/C54H103NO3/c1-3-5-7-9-11-13-15-17-19-20-21-22-23-24-25-26-27-28-29-30-31-32-33-34-36-38-40-42-44-46-48-50-54(58)55-52(51-56)53(57)49-47-45-43-41-39-37-35-18-16-14-12-10-8-6-4-2/h15,17,20-21,47,49,52-53,56-57H,3-14,16,18-19,22-46,48,50-51H2,1-2H3,(H,55,58)/b17-15-,21-20-,49-47+. The molecule has 0 bridgehead atoms. The molecule has 0 fully saturated rings. The van der Waals surface area contributed by atoms with Crippen LogP contribution in [0.5, 0.6) is 0 Å². The number of allylic oxidation sites excluding steroid dienone is 5. The predicted molar refractivity (Wildman–Crippen MR) is 258 cm³/mol. The zero-order valence-electron chi connectivity index (χ0n) is 39.3. The number of rotatable bonds is 48. The topological polar surface area (TPSA) is 69.6 Å². The van der Waals surface area contributed by atoms with E-state index >= 15 is 0 Å². The fourth-order valence-electron chi connectivity index (χ4n) is 8.09.